The number of carbonyl (C=O) groups is 2. The van der Waals surface area contributed by atoms with E-state index in [1.54, 1.807) is 13.0 Å². The van der Waals surface area contributed by atoms with Crippen LogP contribution in [-0.4, -0.2) is 25.9 Å². The van der Waals surface area contributed by atoms with Gasteiger partial charge in [0, 0.05) is 5.56 Å². The van der Waals surface area contributed by atoms with E-state index in [1.807, 2.05) is 0 Å². The number of aryl methyl sites for hydroxylation is 1. The van der Waals surface area contributed by atoms with Crippen LogP contribution in [0.15, 0.2) is 12.1 Å². The van der Waals surface area contributed by atoms with Crippen molar-refractivity contribution in [2.75, 3.05) is 14.2 Å². The van der Waals surface area contributed by atoms with Crippen LogP contribution in [0.5, 0.6) is 11.5 Å². The summed E-state index contributed by atoms with van der Waals surface area (Å²) in [4.78, 5) is 22.3. The summed E-state index contributed by atoms with van der Waals surface area (Å²) < 4.78 is 10.1. The van der Waals surface area contributed by atoms with Crippen molar-refractivity contribution in [3.8, 4) is 11.5 Å². The smallest absolute Gasteiger partial charge is 0.289 e. The topological polar surface area (TPSA) is 78.6 Å². The third-order valence-corrected chi connectivity index (χ3v) is 2.20. The number of ketones is 1. The molecule has 5 nitrogen and oxygen atoms in total. The van der Waals surface area contributed by atoms with E-state index in [1.165, 1.54) is 20.3 Å². The number of carbonyl (C=O) groups excluding carboxylic acids is 2. The number of benzene rings is 1. The van der Waals surface area contributed by atoms with Crippen LogP contribution in [0.2, 0.25) is 0 Å². The van der Waals surface area contributed by atoms with Gasteiger partial charge in [0.2, 0.25) is 5.78 Å². The average molecular weight is 223 g/mol. The highest BCUT2D eigenvalue weighted by Gasteiger charge is 2.18. The molecule has 0 spiro atoms. The second kappa shape index (κ2) is 4.65. The summed E-state index contributed by atoms with van der Waals surface area (Å²) in [5.41, 5.74) is 5.78. The van der Waals surface area contributed by atoms with Gasteiger partial charge in [-0.2, -0.15) is 0 Å². The first kappa shape index (κ1) is 12.0. The summed E-state index contributed by atoms with van der Waals surface area (Å²) >= 11 is 0. The van der Waals surface area contributed by atoms with Crippen LogP contribution in [0.4, 0.5) is 0 Å². The fraction of sp³-hybridized carbons (Fsp3) is 0.273. The lowest BCUT2D eigenvalue weighted by molar-refractivity contribution is -0.114. The summed E-state index contributed by atoms with van der Waals surface area (Å²) in [5.74, 6) is -0.840. The summed E-state index contributed by atoms with van der Waals surface area (Å²) in [7, 11) is 2.94. The molecule has 0 aliphatic heterocycles. The molecule has 0 atom stereocenters. The third kappa shape index (κ3) is 2.13. The Bertz CT molecular complexity index is 440. The van der Waals surface area contributed by atoms with Gasteiger partial charge >= 0.3 is 0 Å². The van der Waals surface area contributed by atoms with Gasteiger partial charge in [0.05, 0.1) is 14.2 Å². The number of hydrogen-bond donors (Lipinski definition) is 1. The van der Waals surface area contributed by atoms with E-state index >= 15 is 0 Å². The van der Waals surface area contributed by atoms with Crippen molar-refractivity contribution in [3.63, 3.8) is 0 Å². The molecule has 0 fully saturated rings. The fourth-order valence-corrected chi connectivity index (χ4v) is 1.36. The summed E-state index contributed by atoms with van der Waals surface area (Å²) in [6.07, 6.45) is 0. The quantitative estimate of drug-likeness (QED) is 0.601. The fourth-order valence-electron chi connectivity index (χ4n) is 1.36. The lowest BCUT2D eigenvalue weighted by Gasteiger charge is -2.10. The van der Waals surface area contributed by atoms with Gasteiger partial charge in [0.15, 0.2) is 11.5 Å². The Kier molecular flexibility index (Phi) is 3.50. The normalized spacial score (nSPS) is 9.69. The van der Waals surface area contributed by atoms with Gasteiger partial charge < -0.3 is 15.2 Å². The summed E-state index contributed by atoms with van der Waals surface area (Å²) in [6.45, 7) is 1.69. The monoisotopic (exact) mass is 223 g/mol. The lowest BCUT2D eigenvalue weighted by Crippen LogP contribution is -2.23. The molecule has 1 rings (SSSR count). The van der Waals surface area contributed by atoms with Crippen molar-refractivity contribution in [2.45, 2.75) is 6.92 Å². The molecule has 0 aliphatic carbocycles. The zero-order chi connectivity index (χ0) is 12.3. The molecule has 0 bridgehead atoms. The van der Waals surface area contributed by atoms with Crippen LogP contribution >= 0.6 is 0 Å². The van der Waals surface area contributed by atoms with Crippen LogP contribution in [0.1, 0.15) is 15.9 Å². The minimum Gasteiger partial charge on any atom is -0.493 e. The van der Waals surface area contributed by atoms with Crippen LogP contribution in [0.3, 0.4) is 0 Å². The molecule has 5 heteroatoms. The molecule has 0 aliphatic rings. The van der Waals surface area contributed by atoms with Crippen LogP contribution in [0.25, 0.3) is 0 Å². The average Bonchev–Trinajstić information content (AvgIpc) is 2.27. The van der Waals surface area contributed by atoms with Gasteiger partial charge in [0.25, 0.3) is 5.91 Å². The van der Waals surface area contributed by atoms with E-state index in [0.29, 0.717) is 17.1 Å². The molecule has 0 unspecified atom stereocenters. The summed E-state index contributed by atoms with van der Waals surface area (Å²) in [5, 5.41) is 0. The number of ether oxygens (including phenoxy) is 2. The molecular formula is C11H13NO4. The van der Waals surface area contributed by atoms with Crippen molar-refractivity contribution in [3.05, 3.63) is 23.3 Å². The van der Waals surface area contributed by atoms with Gasteiger partial charge in [-0.15, -0.1) is 0 Å². The van der Waals surface area contributed by atoms with Gasteiger partial charge in [-0.1, -0.05) is 0 Å². The van der Waals surface area contributed by atoms with E-state index in [9.17, 15) is 9.59 Å². The van der Waals surface area contributed by atoms with Gasteiger partial charge in [-0.25, -0.2) is 0 Å². The molecular weight excluding hydrogens is 210 g/mol. The van der Waals surface area contributed by atoms with Crippen molar-refractivity contribution >= 4 is 11.7 Å². The molecule has 0 heterocycles. The standard InChI is InChI=1S/C11H13NO4/c1-6-4-8(15-2)9(16-3)5-7(6)10(13)11(12)14/h4-5H,1-3H3,(H2,12,14). The first-order valence-corrected chi connectivity index (χ1v) is 4.58. The maximum atomic E-state index is 11.5. The molecule has 0 radical (unpaired) electrons. The second-order valence-corrected chi connectivity index (χ2v) is 3.22. The number of rotatable bonds is 4. The Labute approximate surface area is 93.1 Å². The Morgan fingerprint density at radius 1 is 1.12 bits per heavy atom. The molecule has 86 valence electrons. The van der Waals surface area contributed by atoms with Gasteiger partial charge in [-0.3, -0.25) is 9.59 Å². The maximum absolute atomic E-state index is 11.5. The van der Waals surface area contributed by atoms with Crippen molar-refractivity contribution in [1.29, 1.82) is 0 Å². The van der Waals surface area contributed by atoms with E-state index in [0.717, 1.165) is 0 Å². The van der Waals surface area contributed by atoms with E-state index in [4.69, 9.17) is 15.2 Å². The first-order valence-electron chi connectivity index (χ1n) is 4.58. The third-order valence-electron chi connectivity index (χ3n) is 2.20. The Morgan fingerprint density at radius 2 is 1.62 bits per heavy atom. The summed E-state index contributed by atoms with van der Waals surface area (Å²) in [6, 6.07) is 3.07. The maximum Gasteiger partial charge on any atom is 0.289 e. The molecule has 0 aromatic heterocycles. The number of primary amides is 1. The minimum atomic E-state index is -0.990. The number of Topliss-reactive ketones (excluding diaryl/α,β-unsaturated/α-hetero) is 1. The highest BCUT2D eigenvalue weighted by Crippen LogP contribution is 2.30. The minimum absolute atomic E-state index is 0.227. The zero-order valence-electron chi connectivity index (χ0n) is 9.37. The number of amides is 1. The Hall–Kier alpha value is -2.04. The molecule has 0 saturated carbocycles. The highest BCUT2D eigenvalue weighted by molar-refractivity contribution is 6.42. The lowest BCUT2D eigenvalue weighted by atomic mass is 10.0. The molecule has 0 saturated heterocycles. The van der Waals surface area contributed by atoms with Crippen LogP contribution < -0.4 is 15.2 Å². The van der Waals surface area contributed by atoms with Crippen molar-refractivity contribution in [2.24, 2.45) is 5.73 Å². The van der Waals surface area contributed by atoms with Gasteiger partial charge in [0.1, 0.15) is 0 Å². The zero-order valence-corrected chi connectivity index (χ0v) is 9.37. The van der Waals surface area contributed by atoms with Crippen molar-refractivity contribution < 1.29 is 19.1 Å². The van der Waals surface area contributed by atoms with Crippen molar-refractivity contribution in [1.82, 2.24) is 0 Å². The molecule has 1 aromatic rings. The van der Waals surface area contributed by atoms with E-state index in [2.05, 4.69) is 0 Å². The predicted molar refractivity (Wildman–Crippen MR) is 57.8 cm³/mol. The molecule has 2 N–H and O–H groups in total. The number of hydrogen-bond acceptors (Lipinski definition) is 4. The van der Waals surface area contributed by atoms with E-state index in [-0.39, 0.29) is 5.56 Å². The van der Waals surface area contributed by atoms with Crippen LogP contribution in [0, 0.1) is 6.92 Å². The Morgan fingerprint density at radius 3 is 2.06 bits per heavy atom. The largest absolute Gasteiger partial charge is 0.493 e. The first-order chi connectivity index (χ1) is 7.51. The SMILES string of the molecule is COc1cc(C)c(C(=O)C(N)=O)cc1OC. The van der Waals surface area contributed by atoms with Crippen LogP contribution in [-0.2, 0) is 4.79 Å². The Balaban J connectivity index is 3.32. The predicted octanol–water partition coefficient (Wildman–Crippen LogP) is 0.680. The molecule has 1 amide bonds. The molecule has 1 aromatic carbocycles. The second-order valence-electron chi connectivity index (χ2n) is 3.22. The van der Waals surface area contributed by atoms with E-state index < -0.39 is 11.7 Å². The highest BCUT2D eigenvalue weighted by atomic mass is 16.5. The molecule has 16 heavy (non-hydrogen) atoms. The number of methoxy groups -OCH3 is 2. The number of nitrogens with two attached hydrogens (primary N) is 1. The van der Waals surface area contributed by atoms with Gasteiger partial charge in [-0.05, 0) is 24.6 Å².